The van der Waals surface area contributed by atoms with Gasteiger partial charge in [0, 0.05) is 112 Å². The number of hydrogen-bond donors (Lipinski definition) is 0. The number of hydrogen-bond acceptors (Lipinski definition) is 8. The van der Waals surface area contributed by atoms with Gasteiger partial charge in [-0.1, -0.05) is 55.4 Å². The minimum absolute atomic E-state index is 0. The quantitative estimate of drug-likeness (QED) is 0.0866. The van der Waals surface area contributed by atoms with Gasteiger partial charge in [0.1, 0.15) is 18.9 Å². The maximum absolute atomic E-state index is 14.1. The maximum Gasteiger partial charge on any atom is 0.270 e. The van der Waals surface area contributed by atoms with E-state index < -0.39 is 23.7 Å². The zero-order chi connectivity index (χ0) is 42.4. The van der Waals surface area contributed by atoms with Gasteiger partial charge in [-0.25, -0.2) is 6.54 Å². The van der Waals surface area contributed by atoms with Crippen molar-refractivity contribution in [2.45, 2.75) is 57.9 Å². The van der Waals surface area contributed by atoms with Crippen LogP contribution in [0.1, 0.15) is 60.9 Å². The smallest absolute Gasteiger partial charge is 0.270 e. The molecule has 2 radical (unpaired) electrons. The number of nitrogens with zero attached hydrogens (tertiary/aromatic N) is 5. The van der Waals surface area contributed by atoms with E-state index in [0.717, 1.165) is 40.7 Å². The summed E-state index contributed by atoms with van der Waals surface area (Å²) in [4.78, 5) is 44.9. The molecule has 0 aromatic heterocycles. The molecule has 9 rings (SSSR count). The molecule has 290 valence electrons. The molecule has 5 aromatic carbocycles. The van der Waals surface area contributed by atoms with Crippen LogP contribution >= 0.6 is 0 Å². The number of nitro benzene ring substituents is 1. The topological polar surface area (TPSA) is 129 Å². The van der Waals surface area contributed by atoms with Gasteiger partial charge in [0.25, 0.3) is 17.5 Å². The van der Waals surface area contributed by atoms with Crippen molar-refractivity contribution in [1.29, 1.82) is 0 Å². The van der Waals surface area contributed by atoms with Crippen LogP contribution in [0.15, 0.2) is 91.0 Å². The number of benzene rings is 5. The number of aryl methyl sites for hydroxylation is 1. The number of amides is 2. The Morgan fingerprint density at radius 2 is 1.43 bits per heavy atom. The van der Waals surface area contributed by atoms with Crippen molar-refractivity contribution in [3.63, 3.8) is 0 Å². The number of likely N-dealkylation sites (N-methyl/N-ethyl adjacent to an activating group) is 1. The van der Waals surface area contributed by atoms with Gasteiger partial charge in [-0.05, 0) is 91.0 Å². The van der Waals surface area contributed by atoms with Crippen LogP contribution in [0.4, 0.5) is 28.4 Å². The van der Waals surface area contributed by atoms with Crippen LogP contribution in [0.3, 0.4) is 0 Å². The van der Waals surface area contributed by atoms with Gasteiger partial charge < -0.3 is 34.2 Å². The molecule has 14 heteroatoms. The number of fused-ring (bicyclic) bond motifs is 8. The number of nitro groups is 1. The Labute approximate surface area is 392 Å². The van der Waals surface area contributed by atoms with E-state index in [9.17, 15) is 19.7 Å². The minimum atomic E-state index is -2.80. The molecule has 0 N–H and O–H groups in total. The summed E-state index contributed by atoms with van der Waals surface area (Å²) >= 11 is 0. The van der Waals surface area contributed by atoms with Gasteiger partial charge in [-0.3, -0.25) is 19.7 Å². The monoisotopic (exact) mass is 931 g/mol. The van der Waals surface area contributed by atoms with Crippen molar-refractivity contribution < 1.29 is 99.6 Å². The molecule has 0 aliphatic carbocycles. The molecule has 58 heavy (non-hydrogen) atoms. The molecule has 0 saturated heterocycles. The fourth-order valence-corrected chi connectivity index (χ4v) is 8.14. The van der Waals surface area contributed by atoms with Gasteiger partial charge in [0.15, 0.2) is 11.5 Å². The fourth-order valence-electron chi connectivity index (χ4n) is 8.14. The summed E-state index contributed by atoms with van der Waals surface area (Å²) < 4.78 is 53.6. The van der Waals surface area contributed by atoms with E-state index in [1.165, 1.54) is 19.2 Å². The van der Waals surface area contributed by atoms with Crippen molar-refractivity contribution in [3.05, 3.63) is 152 Å². The summed E-state index contributed by atoms with van der Waals surface area (Å²) in [5, 5.41) is 17.1. The standard InChI is InChI=1S/C44H40N5O7.2Y/c1-25-13-34-39(46(3)22-32-17-29-9-5-7-11-36(29)47(32)44(34)51)21-40(25)55-23-27-14-28(16-31(15-27)49(52)53)24-56-42-20-35-33(19-41(42)54-4)43(50)48-37-12-8-6-10-30(37)18-38(48)26(2)45-35;;/h5-16,19-22,26,32,38H,17-18,23-24H2,1-4H3,(H,45,50);;/q-1;;/p-1/t26?,32-,38-;;/m0../s1/i23D2,24D2;;. The van der Waals surface area contributed by atoms with Crippen molar-refractivity contribution in [2.75, 3.05) is 28.9 Å². The first kappa shape index (κ1) is 36.7. The second-order valence-electron chi connectivity index (χ2n) is 14.4. The Bertz CT molecular complexity index is 2650. The van der Waals surface area contributed by atoms with Gasteiger partial charge in [-0.15, -0.1) is 5.69 Å². The largest absolute Gasteiger partial charge is 0.680 e. The SMILES string of the molecule is [2H]C([2H])(Oc1cc2c(cc1C)C(=O)N1c3ccccc3C[C@H]1[CH-]N2C)c1cc([N+](=O)[O-])cc(C([2H])([2H])Oc2cc3c(cc2OC)C(=O)N2c4ccccc4C[C@H]2C(C)[N-]3)c1.[Y].[Y]. The Hall–Kier alpha value is -4.35. The van der Waals surface area contributed by atoms with Gasteiger partial charge in [0.05, 0.1) is 23.1 Å². The number of anilines is 3. The summed E-state index contributed by atoms with van der Waals surface area (Å²) in [5.74, 6) is -0.532. The Morgan fingerprint density at radius 3 is 2.10 bits per heavy atom. The van der Waals surface area contributed by atoms with Crippen LogP contribution in [0, 0.1) is 23.6 Å². The summed E-state index contributed by atoms with van der Waals surface area (Å²) in [7, 11) is 3.14. The summed E-state index contributed by atoms with van der Waals surface area (Å²) in [6, 6.07) is 23.7. The van der Waals surface area contributed by atoms with Crippen molar-refractivity contribution in [3.8, 4) is 17.2 Å². The molecule has 0 spiro atoms. The molecule has 4 aliphatic rings. The first-order valence-electron chi connectivity index (χ1n) is 20.2. The maximum atomic E-state index is 14.1. The fraction of sp³-hybridized carbons (Fsp3) is 0.250. The molecule has 0 saturated carbocycles. The van der Waals surface area contributed by atoms with Crippen LogP contribution < -0.4 is 28.9 Å². The van der Waals surface area contributed by atoms with Gasteiger partial charge in [0.2, 0.25) is 0 Å². The van der Waals surface area contributed by atoms with E-state index in [-0.39, 0.29) is 135 Å². The average Bonchev–Trinajstić information content (AvgIpc) is 3.74. The molecule has 0 bridgehead atoms. The van der Waals surface area contributed by atoms with E-state index in [4.69, 9.17) is 25.0 Å². The normalized spacial score (nSPS) is 19.9. The number of rotatable bonds is 8. The number of carbonyl (C=O) groups is 2. The number of non-ortho nitro benzene ring substituents is 1. The molecule has 1 unspecified atom stereocenters. The summed E-state index contributed by atoms with van der Waals surface area (Å²) in [6.07, 6.45) is 1.26. The predicted octanol–water partition coefficient (Wildman–Crippen LogP) is 8.23. The third-order valence-corrected chi connectivity index (χ3v) is 10.9. The van der Waals surface area contributed by atoms with Crippen molar-refractivity contribution >= 4 is 40.3 Å². The van der Waals surface area contributed by atoms with Gasteiger partial charge in [-0.2, -0.15) is 0 Å². The van der Waals surface area contributed by atoms with E-state index in [2.05, 4.69) is 0 Å². The first-order valence-corrected chi connectivity index (χ1v) is 18.2. The second-order valence-corrected chi connectivity index (χ2v) is 14.4. The van der Waals surface area contributed by atoms with Crippen LogP contribution in [0.25, 0.3) is 5.32 Å². The summed E-state index contributed by atoms with van der Waals surface area (Å²) in [5.41, 5.74) is 4.20. The van der Waals surface area contributed by atoms with Crippen LogP contribution in [0.2, 0.25) is 0 Å². The molecule has 4 aliphatic heterocycles. The predicted molar refractivity (Wildman–Crippen MR) is 213 cm³/mol. The van der Waals surface area contributed by atoms with E-state index in [1.54, 1.807) is 35.9 Å². The third kappa shape index (κ3) is 7.42. The van der Waals surface area contributed by atoms with E-state index in [1.807, 2.05) is 66.9 Å². The number of ether oxygens (including phenoxy) is 3. The van der Waals surface area contributed by atoms with Crippen LogP contribution in [0.5, 0.6) is 17.2 Å². The molecule has 3 atom stereocenters. The van der Waals surface area contributed by atoms with Crippen LogP contribution in [-0.4, -0.2) is 49.0 Å². The Balaban J connectivity index is 0.00000289. The van der Waals surface area contributed by atoms with E-state index >= 15 is 0 Å². The summed E-state index contributed by atoms with van der Waals surface area (Å²) in [6.45, 7) is -0.0366. The molecule has 5 aromatic rings. The zero-order valence-corrected chi connectivity index (χ0v) is 37.8. The van der Waals surface area contributed by atoms with Crippen molar-refractivity contribution in [1.82, 2.24) is 0 Å². The Morgan fingerprint density at radius 1 is 0.810 bits per heavy atom. The number of methoxy groups -OCH3 is 1. The number of carbonyl (C=O) groups excluding carboxylic acids is 2. The molecular weight excluding hydrogens is 888 g/mol. The molecule has 2 amide bonds. The van der Waals surface area contributed by atoms with Crippen molar-refractivity contribution in [2.24, 2.45) is 0 Å². The van der Waals surface area contributed by atoms with E-state index in [0.29, 0.717) is 29.7 Å². The zero-order valence-electron chi connectivity index (χ0n) is 36.1. The number of para-hydroxylation sites is 2. The second kappa shape index (κ2) is 16.7. The minimum Gasteiger partial charge on any atom is -0.680 e. The molecular formula is C44H39N5O7Y2-2. The Kier molecular flexibility index (Phi) is 10.6. The van der Waals surface area contributed by atoms with Gasteiger partial charge >= 0.3 is 0 Å². The third-order valence-electron chi connectivity index (χ3n) is 10.9. The average molecular weight is 932 g/mol. The molecule has 0 fully saturated rings. The molecule has 4 heterocycles. The molecule has 12 nitrogen and oxygen atoms in total. The first-order chi connectivity index (χ1) is 28.5. The van der Waals surface area contributed by atoms with Crippen LogP contribution in [-0.2, 0) is 91.4 Å².